The smallest absolute Gasteiger partial charge is 0.395 e. The molecule has 98 valence electrons. The predicted molar refractivity (Wildman–Crippen MR) is 62.5 cm³/mol. The molecule has 1 unspecified atom stereocenters. The lowest BCUT2D eigenvalue weighted by molar-refractivity contribution is -0.138. The summed E-state index contributed by atoms with van der Waals surface area (Å²) in [6, 6.07) is 2.81. The van der Waals surface area contributed by atoms with Gasteiger partial charge in [-0.3, -0.25) is 0 Å². The Hall–Kier alpha value is -0.490. The zero-order valence-electron chi connectivity index (χ0n) is 8.67. The van der Waals surface area contributed by atoms with Crippen LogP contribution >= 0.6 is 24.0 Å². The molecule has 0 spiro atoms. The molecule has 2 nitrogen and oxygen atoms in total. The molecule has 0 aromatic heterocycles. The number of alkyl halides is 3. The first-order valence-electron chi connectivity index (χ1n) is 4.56. The molecular weight excluding hydrogens is 278 g/mol. The highest BCUT2D eigenvalue weighted by molar-refractivity contribution is 6.30. The minimum atomic E-state index is -4.46. The van der Waals surface area contributed by atoms with Gasteiger partial charge in [-0.25, -0.2) is 0 Å². The second-order valence-corrected chi connectivity index (χ2v) is 3.88. The van der Waals surface area contributed by atoms with Crippen molar-refractivity contribution in [3.05, 3.63) is 34.3 Å². The van der Waals surface area contributed by atoms with Gasteiger partial charge in [0.05, 0.1) is 12.2 Å². The Bertz CT molecular complexity index is 371. The lowest BCUT2D eigenvalue weighted by atomic mass is 10.0. The topological polar surface area (TPSA) is 46.2 Å². The van der Waals surface area contributed by atoms with Crippen LogP contribution in [0, 0.1) is 0 Å². The van der Waals surface area contributed by atoms with Gasteiger partial charge >= 0.3 is 6.18 Å². The molecule has 0 radical (unpaired) electrons. The van der Waals surface area contributed by atoms with Gasteiger partial charge in [0.25, 0.3) is 0 Å². The number of aliphatic hydroxyl groups excluding tert-OH is 1. The van der Waals surface area contributed by atoms with E-state index in [9.17, 15) is 13.2 Å². The van der Waals surface area contributed by atoms with E-state index in [1.165, 1.54) is 12.1 Å². The highest BCUT2D eigenvalue weighted by atomic mass is 35.5. The van der Waals surface area contributed by atoms with Crippen molar-refractivity contribution >= 4 is 24.0 Å². The highest BCUT2D eigenvalue weighted by Gasteiger charge is 2.33. The Morgan fingerprint density at radius 3 is 2.41 bits per heavy atom. The maximum absolute atomic E-state index is 12.6. The second kappa shape index (κ2) is 6.44. The summed E-state index contributed by atoms with van der Waals surface area (Å²) in [5.74, 6) is 0. The van der Waals surface area contributed by atoms with Crippen LogP contribution in [0.5, 0.6) is 0 Å². The van der Waals surface area contributed by atoms with Crippen molar-refractivity contribution in [3.8, 4) is 0 Å². The molecule has 0 saturated carbocycles. The molecule has 1 rings (SSSR count). The second-order valence-electron chi connectivity index (χ2n) is 3.45. The largest absolute Gasteiger partial charge is 0.416 e. The van der Waals surface area contributed by atoms with E-state index in [0.29, 0.717) is 0 Å². The van der Waals surface area contributed by atoms with Crippen molar-refractivity contribution in [1.82, 2.24) is 0 Å². The van der Waals surface area contributed by atoms with Crippen molar-refractivity contribution in [3.63, 3.8) is 0 Å². The van der Waals surface area contributed by atoms with E-state index in [2.05, 4.69) is 0 Å². The fourth-order valence-electron chi connectivity index (χ4n) is 1.34. The third-order valence-corrected chi connectivity index (χ3v) is 2.33. The van der Waals surface area contributed by atoms with Crippen molar-refractivity contribution in [1.29, 1.82) is 0 Å². The molecule has 0 aliphatic heterocycles. The monoisotopic (exact) mass is 289 g/mol. The van der Waals surface area contributed by atoms with Crippen LogP contribution in [0.2, 0.25) is 5.02 Å². The zero-order chi connectivity index (χ0) is 12.3. The van der Waals surface area contributed by atoms with E-state index >= 15 is 0 Å². The molecule has 7 heteroatoms. The van der Waals surface area contributed by atoms with Crippen LogP contribution in [0.4, 0.5) is 13.2 Å². The maximum Gasteiger partial charge on any atom is 0.416 e. The first-order chi connectivity index (χ1) is 7.34. The van der Waals surface area contributed by atoms with Gasteiger partial charge in [0.1, 0.15) is 0 Å². The molecule has 0 bridgehead atoms. The number of benzene rings is 1. The van der Waals surface area contributed by atoms with Crippen molar-refractivity contribution in [2.75, 3.05) is 6.61 Å². The minimum Gasteiger partial charge on any atom is -0.395 e. The molecule has 0 fully saturated rings. The predicted octanol–water partition coefficient (Wildman–Crippen LogP) is 2.64. The number of halogens is 5. The number of hydrogen-bond donors (Lipinski definition) is 2. The fourth-order valence-corrected chi connectivity index (χ4v) is 1.51. The van der Waals surface area contributed by atoms with Crippen LogP contribution in [0.3, 0.4) is 0 Å². The van der Waals surface area contributed by atoms with Gasteiger partial charge in [0, 0.05) is 11.1 Å². The minimum absolute atomic E-state index is 0. The van der Waals surface area contributed by atoms with Gasteiger partial charge in [0.2, 0.25) is 0 Å². The summed E-state index contributed by atoms with van der Waals surface area (Å²) in [6.07, 6.45) is -4.50. The third-order valence-electron chi connectivity index (χ3n) is 2.09. The average Bonchev–Trinajstić information content (AvgIpc) is 2.19. The SMILES string of the molecule is Cl.NC(CO)Cc1ccc(Cl)cc1C(F)(F)F. The van der Waals surface area contributed by atoms with Crippen molar-refractivity contribution < 1.29 is 18.3 Å². The molecule has 1 atom stereocenters. The van der Waals surface area contributed by atoms with E-state index in [-0.39, 0.29) is 36.0 Å². The average molecular weight is 290 g/mol. The molecule has 1 aromatic rings. The standard InChI is InChI=1S/C10H11ClF3NO.ClH/c11-7-2-1-6(3-8(15)5-16)9(4-7)10(12,13)14;/h1-2,4,8,16H,3,5,15H2;1H. The van der Waals surface area contributed by atoms with E-state index in [0.717, 1.165) is 6.07 Å². The van der Waals surface area contributed by atoms with Gasteiger partial charge in [-0.15, -0.1) is 12.4 Å². The number of nitrogens with two attached hydrogens (primary N) is 1. The van der Waals surface area contributed by atoms with Crippen molar-refractivity contribution in [2.45, 2.75) is 18.6 Å². The van der Waals surface area contributed by atoms with Gasteiger partial charge in [-0.1, -0.05) is 17.7 Å². The Morgan fingerprint density at radius 2 is 1.94 bits per heavy atom. The molecular formula is C10H12Cl2F3NO. The van der Waals surface area contributed by atoms with Crippen LogP contribution in [0.15, 0.2) is 18.2 Å². The van der Waals surface area contributed by atoms with E-state index in [4.69, 9.17) is 22.4 Å². The Labute approximate surface area is 108 Å². The van der Waals surface area contributed by atoms with Crippen LogP contribution in [-0.2, 0) is 12.6 Å². The van der Waals surface area contributed by atoms with E-state index in [1.807, 2.05) is 0 Å². The number of aliphatic hydroxyl groups is 1. The third kappa shape index (κ3) is 4.71. The summed E-state index contributed by atoms with van der Waals surface area (Å²) < 4.78 is 37.9. The molecule has 1 aromatic carbocycles. The maximum atomic E-state index is 12.6. The van der Waals surface area contributed by atoms with Crippen LogP contribution in [0.1, 0.15) is 11.1 Å². The molecule has 0 amide bonds. The first kappa shape index (κ1) is 16.5. The quantitative estimate of drug-likeness (QED) is 0.899. The Balaban J connectivity index is 0.00000256. The fraction of sp³-hybridized carbons (Fsp3) is 0.400. The normalized spacial score (nSPS) is 13.1. The first-order valence-corrected chi connectivity index (χ1v) is 4.94. The molecule has 17 heavy (non-hydrogen) atoms. The Kier molecular flexibility index (Phi) is 6.26. The zero-order valence-corrected chi connectivity index (χ0v) is 10.2. The summed E-state index contributed by atoms with van der Waals surface area (Å²) in [5.41, 5.74) is 4.64. The van der Waals surface area contributed by atoms with Crippen LogP contribution < -0.4 is 5.73 Å². The van der Waals surface area contributed by atoms with Crippen LogP contribution in [-0.4, -0.2) is 17.8 Å². The lowest BCUT2D eigenvalue weighted by Gasteiger charge is -2.15. The summed E-state index contributed by atoms with van der Waals surface area (Å²) >= 11 is 5.51. The van der Waals surface area contributed by atoms with Gasteiger partial charge in [-0.05, 0) is 24.1 Å². The van der Waals surface area contributed by atoms with Gasteiger partial charge in [-0.2, -0.15) is 13.2 Å². The number of hydrogen-bond acceptors (Lipinski definition) is 2. The van der Waals surface area contributed by atoms with Crippen molar-refractivity contribution in [2.24, 2.45) is 5.73 Å². The molecule has 0 aliphatic rings. The summed E-state index contributed by atoms with van der Waals surface area (Å²) in [4.78, 5) is 0. The van der Waals surface area contributed by atoms with E-state index < -0.39 is 17.8 Å². The molecule has 0 heterocycles. The highest BCUT2D eigenvalue weighted by Crippen LogP contribution is 2.34. The lowest BCUT2D eigenvalue weighted by Crippen LogP contribution is -2.28. The summed E-state index contributed by atoms with van der Waals surface area (Å²) in [5, 5.41) is 8.73. The molecule has 0 aliphatic carbocycles. The summed E-state index contributed by atoms with van der Waals surface area (Å²) in [6.45, 7) is -0.361. The van der Waals surface area contributed by atoms with Gasteiger partial charge < -0.3 is 10.8 Å². The number of rotatable bonds is 3. The van der Waals surface area contributed by atoms with Crippen LogP contribution in [0.25, 0.3) is 0 Å². The molecule has 0 saturated heterocycles. The van der Waals surface area contributed by atoms with E-state index in [1.54, 1.807) is 0 Å². The molecule has 3 N–H and O–H groups in total. The van der Waals surface area contributed by atoms with Gasteiger partial charge in [0.15, 0.2) is 0 Å². The Morgan fingerprint density at radius 1 is 1.35 bits per heavy atom. The summed E-state index contributed by atoms with van der Waals surface area (Å²) in [7, 11) is 0.